The summed E-state index contributed by atoms with van der Waals surface area (Å²) in [5.74, 6) is 0. The zero-order chi connectivity index (χ0) is 11.4. The molecule has 0 unspecified atom stereocenters. The molecule has 2 aromatic rings. The van der Waals surface area contributed by atoms with Gasteiger partial charge in [0.25, 0.3) is 0 Å². The predicted molar refractivity (Wildman–Crippen MR) is 71.2 cm³/mol. The molecule has 0 saturated carbocycles. The SMILES string of the molecule is C=Cc1cc2ccccc2cc1C=NN=C. The van der Waals surface area contributed by atoms with E-state index >= 15 is 0 Å². The lowest BCUT2D eigenvalue weighted by Gasteiger charge is -2.03. The Kier molecular flexibility index (Phi) is 2.92. The molecule has 0 spiro atoms. The molecule has 0 N–H and O–H groups in total. The average molecular weight is 208 g/mol. The van der Waals surface area contributed by atoms with Gasteiger partial charge in [0, 0.05) is 12.3 Å². The van der Waals surface area contributed by atoms with Crippen LogP contribution in [0.5, 0.6) is 0 Å². The zero-order valence-corrected chi connectivity index (χ0v) is 8.93. The maximum Gasteiger partial charge on any atom is 0.0574 e. The summed E-state index contributed by atoms with van der Waals surface area (Å²) in [4.78, 5) is 0. The van der Waals surface area contributed by atoms with Crippen molar-refractivity contribution in [3.63, 3.8) is 0 Å². The lowest BCUT2D eigenvalue weighted by molar-refractivity contribution is 1.28. The highest BCUT2D eigenvalue weighted by atomic mass is 15.2. The minimum absolute atomic E-state index is 1.00. The number of nitrogens with zero attached hydrogens (tertiary/aromatic N) is 2. The van der Waals surface area contributed by atoms with Gasteiger partial charge in [-0.2, -0.15) is 10.2 Å². The lowest BCUT2D eigenvalue weighted by Crippen LogP contribution is -1.87. The van der Waals surface area contributed by atoms with Gasteiger partial charge >= 0.3 is 0 Å². The Bertz CT molecular complexity index is 568. The molecule has 0 aliphatic heterocycles. The smallest absolute Gasteiger partial charge is 0.0574 e. The van der Waals surface area contributed by atoms with E-state index in [9.17, 15) is 0 Å². The molecule has 0 saturated heterocycles. The monoisotopic (exact) mass is 208 g/mol. The molecule has 0 aliphatic rings. The van der Waals surface area contributed by atoms with Gasteiger partial charge in [0.15, 0.2) is 0 Å². The number of fused-ring (bicyclic) bond motifs is 1. The largest absolute Gasteiger partial charge is 0.167 e. The standard InChI is InChI=1S/C14H12N2/c1-3-11-8-12-6-4-5-7-13(12)9-14(11)10-16-15-2/h3-10H,1-2H2. The fourth-order valence-corrected chi connectivity index (χ4v) is 1.67. The molecular weight excluding hydrogens is 196 g/mol. The van der Waals surface area contributed by atoms with Crippen molar-refractivity contribution in [2.75, 3.05) is 0 Å². The van der Waals surface area contributed by atoms with Crippen LogP contribution in [0.2, 0.25) is 0 Å². The average Bonchev–Trinajstić information content (AvgIpc) is 2.35. The van der Waals surface area contributed by atoms with Crippen LogP contribution >= 0.6 is 0 Å². The normalized spacial score (nSPS) is 10.8. The third kappa shape index (κ3) is 1.91. The Balaban J connectivity index is 2.66. The van der Waals surface area contributed by atoms with Crippen molar-refractivity contribution in [1.29, 1.82) is 0 Å². The van der Waals surface area contributed by atoms with E-state index in [-0.39, 0.29) is 0 Å². The molecule has 0 radical (unpaired) electrons. The van der Waals surface area contributed by atoms with Gasteiger partial charge in [0.2, 0.25) is 0 Å². The molecule has 2 nitrogen and oxygen atoms in total. The summed E-state index contributed by atoms with van der Waals surface area (Å²) in [5, 5.41) is 9.64. The molecule has 78 valence electrons. The second-order valence-corrected chi connectivity index (χ2v) is 3.42. The molecule has 0 amide bonds. The molecule has 2 heteroatoms. The van der Waals surface area contributed by atoms with Gasteiger partial charge in [-0.15, -0.1) is 0 Å². The van der Waals surface area contributed by atoms with E-state index in [0.29, 0.717) is 0 Å². The lowest BCUT2D eigenvalue weighted by atomic mass is 10.0. The van der Waals surface area contributed by atoms with Crippen molar-refractivity contribution in [3.05, 3.63) is 54.1 Å². The molecule has 0 atom stereocenters. The molecule has 2 aromatic carbocycles. The number of benzene rings is 2. The fraction of sp³-hybridized carbons (Fsp3) is 0. The molecule has 2 rings (SSSR count). The maximum absolute atomic E-state index is 3.80. The Morgan fingerprint density at radius 1 is 1.00 bits per heavy atom. The fourth-order valence-electron chi connectivity index (χ4n) is 1.67. The van der Waals surface area contributed by atoms with Crippen molar-refractivity contribution < 1.29 is 0 Å². The molecule has 0 aromatic heterocycles. The summed E-state index contributed by atoms with van der Waals surface area (Å²) in [7, 11) is 0. The van der Waals surface area contributed by atoms with Gasteiger partial charge in [-0.3, -0.25) is 0 Å². The summed E-state index contributed by atoms with van der Waals surface area (Å²) in [6, 6.07) is 12.3. The molecule has 0 aliphatic carbocycles. The second-order valence-electron chi connectivity index (χ2n) is 3.42. The van der Waals surface area contributed by atoms with Crippen LogP contribution < -0.4 is 0 Å². The van der Waals surface area contributed by atoms with Crippen molar-refractivity contribution in [1.82, 2.24) is 0 Å². The Labute approximate surface area is 94.6 Å². The first-order valence-electron chi connectivity index (χ1n) is 4.99. The van der Waals surface area contributed by atoms with Gasteiger partial charge in [-0.05, 0) is 28.5 Å². The van der Waals surface area contributed by atoms with E-state index in [2.05, 4.69) is 47.8 Å². The summed E-state index contributed by atoms with van der Waals surface area (Å²) >= 11 is 0. The number of rotatable bonds is 3. The van der Waals surface area contributed by atoms with Crippen molar-refractivity contribution in [2.24, 2.45) is 10.2 Å². The highest BCUT2D eigenvalue weighted by Gasteiger charge is 1.99. The molecule has 0 fully saturated rings. The van der Waals surface area contributed by atoms with Crippen LogP contribution in [-0.4, -0.2) is 12.9 Å². The Hall–Kier alpha value is -2.22. The maximum atomic E-state index is 3.80. The second kappa shape index (κ2) is 4.53. The van der Waals surface area contributed by atoms with Crippen LogP contribution in [0.1, 0.15) is 11.1 Å². The summed E-state index contributed by atoms with van der Waals surface area (Å²) in [5.41, 5.74) is 2.05. The van der Waals surface area contributed by atoms with Crippen LogP contribution in [0.3, 0.4) is 0 Å². The van der Waals surface area contributed by atoms with Gasteiger partial charge in [0.1, 0.15) is 0 Å². The Morgan fingerprint density at radius 3 is 2.19 bits per heavy atom. The van der Waals surface area contributed by atoms with Crippen LogP contribution in [0.25, 0.3) is 16.8 Å². The van der Waals surface area contributed by atoms with Gasteiger partial charge < -0.3 is 0 Å². The van der Waals surface area contributed by atoms with Gasteiger partial charge in [0.05, 0.1) is 6.21 Å². The van der Waals surface area contributed by atoms with Gasteiger partial charge in [-0.1, -0.05) is 36.9 Å². The van der Waals surface area contributed by atoms with Crippen LogP contribution in [0, 0.1) is 0 Å². The van der Waals surface area contributed by atoms with E-state index in [4.69, 9.17) is 0 Å². The third-order valence-corrected chi connectivity index (χ3v) is 2.45. The first-order chi connectivity index (χ1) is 7.85. The number of hydrogen-bond acceptors (Lipinski definition) is 2. The zero-order valence-electron chi connectivity index (χ0n) is 8.93. The van der Waals surface area contributed by atoms with E-state index in [0.717, 1.165) is 11.1 Å². The third-order valence-electron chi connectivity index (χ3n) is 2.45. The van der Waals surface area contributed by atoms with Crippen molar-refractivity contribution >= 4 is 29.8 Å². The van der Waals surface area contributed by atoms with E-state index < -0.39 is 0 Å². The summed E-state index contributed by atoms with van der Waals surface area (Å²) in [6.07, 6.45) is 3.51. The highest BCUT2D eigenvalue weighted by Crippen LogP contribution is 2.19. The topological polar surface area (TPSA) is 24.7 Å². The molecule has 0 heterocycles. The van der Waals surface area contributed by atoms with Gasteiger partial charge in [-0.25, -0.2) is 0 Å². The minimum Gasteiger partial charge on any atom is -0.167 e. The van der Waals surface area contributed by atoms with Crippen molar-refractivity contribution in [2.45, 2.75) is 0 Å². The van der Waals surface area contributed by atoms with Crippen LogP contribution in [0.15, 0.2) is 53.2 Å². The predicted octanol–water partition coefficient (Wildman–Crippen LogP) is 3.52. The first kappa shape index (κ1) is 10.3. The first-order valence-corrected chi connectivity index (χ1v) is 4.99. The highest BCUT2D eigenvalue weighted by molar-refractivity contribution is 5.94. The van der Waals surface area contributed by atoms with Crippen molar-refractivity contribution in [3.8, 4) is 0 Å². The summed E-state index contributed by atoms with van der Waals surface area (Å²) in [6.45, 7) is 7.12. The Morgan fingerprint density at radius 2 is 1.62 bits per heavy atom. The van der Waals surface area contributed by atoms with Crippen LogP contribution in [-0.2, 0) is 0 Å². The van der Waals surface area contributed by atoms with Crippen LogP contribution in [0.4, 0.5) is 0 Å². The molecule has 0 bridgehead atoms. The minimum atomic E-state index is 1.00. The quantitative estimate of drug-likeness (QED) is 0.544. The summed E-state index contributed by atoms with van der Waals surface area (Å²) < 4.78 is 0. The number of hydrogen-bond donors (Lipinski definition) is 0. The van der Waals surface area contributed by atoms with E-state index in [1.165, 1.54) is 10.8 Å². The molecule has 16 heavy (non-hydrogen) atoms. The van der Waals surface area contributed by atoms with E-state index in [1.54, 1.807) is 6.21 Å². The molecular formula is C14H12N2. The van der Waals surface area contributed by atoms with E-state index in [1.807, 2.05) is 18.2 Å².